The first kappa shape index (κ1) is 23.4. The number of allylic oxidation sites excluding steroid dienone is 1. The molecule has 0 unspecified atom stereocenters. The van der Waals surface area contributed by atoms with Crippen molar-refractivity contribution < 1.29 is 9.53 Å². The first-order chi connectivity index (χ1) is 17.6. The monoisotopic (exact) mass is 497 g/mol. The number of aromatic nitrogens is 3. The van der Waals surface area contributed by atoms with Crippen molar-refractivity contribution >= 4 is 22.8 Å². The highest BCUT2D eigenvalue weighted by Crippen LogP contribution is 2.64. The van der Waals surface area contributed by atoms with E-state index in [1.165, 1.54) is 46.4 Å². The number of nitrogens with zero attached hydrogens (tertiary/aromatic N) is 3. The molecule has 5 nitrogen and oxygen atoms in total. The number of esters is 1. The summed E-state index contributed by atoms with van der Waals surface area (Å²) in [5, 5.41) is 0. The van der Waals surface area contributed by atoms with Gasteiger partial charge in [-0.25, -0.2) is 9.97 Å². The van der Waals surface area contributed by atoms with Gasteiger partial charge in [0.05, 0.1) is 11.0 Å². The molecule has 2 fully saturated rings. The zero-order valence-corrected chi connectivity index (χ0v) is 23.1. The number of ether oxygens (including phenoxy) is 1. The molecule has 37 heavy (non-hydrogen) atoms. The van der Waals surface area contributed by atoms with Gasteiger partial charge in [0.2, 0.25) is 5.78 Å². The van der Waals surface area contributed by atoms with E-state index in [1.54, 1.807) is 12.5 Å². The second kappa shape index (κ2) is 7.68. The molecule has 0 spiro atoms. The molecule has 3 aromatic rings. The van der Waals surface area contributed by atoms with Gasteiger partial charge in [-0.05, 0) is 117 Å². The quantitative estimate of drug-likeness (QED) is 0.277. The van der Waals surface area contributed by atoms with Gasteiger partial charge in [-0.1, -0.05) is 25.5 Å². The van der Waals surface area contributed by atoms with Crippen LogP contribution in [0, 0.1) is 43.9 Å². The number of rotatable bonds is 1. The van der Waals surface area contributed by atoms with Gasteiger partial charge in [-0.2, -0.15) is 0 Å². The second-order valence-corrected chi connectivity index (χ2v) is 13.1. The smallest absolute Gasteiger partial charge is 0.302 e. The summed E-state index contributed by atoms with van der Waals surface area (Å²) >= 11 is 0. The molecule has 2 aromatic heterocycles. The van der Waals surface area contributed by atoms with Crippen molar-refractivity contribution in [3.8, 4) is 0 Å². The fourth-order valence-corrected chi connectivity index (χ4v) is 9.30. The lowest BCUT2D eigenvalue weighted by Crippen LogP contribution is -2.51. The Morgan fingerprint density at radius 1 is 1.00 bits per heavy atom. The number of fused-ring (bicyclic) bond motifs is 11. The highest BCUT2D eigenvalue weighted by atomic mass is 16.5. The van der Waals surface area contributed by atoms with Gasteiger partial charge < -0.3 is 4.74 Å². The first-order valence-corrected chi connectivity index (χ1v) is 14.3. The zero-order valence-electron chi connectivity index (χ0n) is 23.1. The molecular weight excluding hydrogens is 458 g/mol. The lowest BCUT2D eigenvalue weighted by Gasteiger charge is -2.57. The molecule has 2 saturated carbocycles. The minimum Gasteiger partial charge on any atom is -0.462 e. The maximum atomic E-state index is 11.6. The molecule has 4 aliphatic carbocycles. The molecule has 0 aliphatic heterocycles. The number of aryl methyl sites for hydroxylation is 3. The highest BCUT2D eigenvalue weighted by molar-refractivity contribution is 5.82. The Balaban J connectivity index is 1.31. The third-order valence-corrected chi connectivity index (χ3v) is 11.2. The summed E-state index contributed by atoms with van der Waals surface area (Å²) in [5.41, 5.74) is 10.9. The van der Waals surface area contributed by atoms with Crippen molar-refractivity contribution in [2.24, 2.45) is 23.2 Å². The van der Waals surface area contributed by atoms with E-state index in [2.05, 4.69) is 57.2 Å². The van der Waals surface area contributed by atoms with Crippen LogP contribution in [0.25, 0.3) is 16.8 Å². The van der Waals surface area contributed by atoms with Gasteiger partial charge >= 0.3 is 5.97 Å². The normalized spacial score (nSPS) is 34.5. The van der Waals surface area contributed by atoms with Crippen molar-refractivity contribution in [3.63, 3.8) is 0 Å². The van der Waals surface area contributed by atoms with Crippen LogP contribution in [0.15, 0.2) is 23.8 Å². The van der Waals surface area contributed by atoms with Crippen molar-refractivity contribution in [3.05, 3.63) is 51.9 Å². The van der Waals surface area contributed by atoms with Gasteiger partial charge in [-0.15, -0.1) is 0 Å². The molecule has 7 rings (SSSR count). The second-order valence-electron chi connectivity index (χ2n) is 13.1. The third kappa shape index (κ3) is 3.12. The van der Waals surface area contributed by atoms with Gasteiger partial charge in [0, 0.05) is 24.7 Å². The fourth-order valence-electron chi connectivity index (χ4n) is 9.30. The summed E-state index contributed by atoms with van der Waals surface area (Å²) in [6.07, 6.45) is 10.4. The highest BCUT2D eigenvalue weighted by Gasteiger charge is 2.58. The standard InChI is InChI=1S/C32H39N3O2/c1-17-13-26-27(14-18(17)2)35-28-16-25-23-8-7-21-15-22(37-20(4)36)9-11-31(21,5)24(23)10-12-32(25,6)29(28)19(3)33-30(35)34-26/h7,13-14,22-25H,8-12,15-16H2,1-6H3/t22-,23+,24-,25-,31-,32-/m0/s1. The van der Waals surface area contributed by atoms with E-state index < -0.39 is 0 Å². The van der Waals surface area contributed by atoms with Crippen LogP contribution in [0.1, 0.15) is 87.4 Å². The Morgan fingerprint density at radius 2 is 1.76 bits per heavy atom. The van der Waals surface area contributed by atoms with Gasteiger partial charge in [0.15, 0.2) is 0 Å². The predicted octanol–water partition coefficient (Wildman–Crippen LogP) is 6.72. The molecule has 0 N–H and O–H groups in total. The van der Waals surface area contributed by atoms with Crippen LogP contribution in [-0.4, -0.2) is 26.4 Å². The number of hydrogen-bond acceptors (Lipinski definition) is 4. The van der Waals surface area contributed by atoms with Crippen molar-refractivity contribution in [2.45, 2.75) is 98.0 Å². The summed E-state index contributed by atoms with van der Waals surface area (Å²) in [5.74, 6) is 2.71. The number of carbonyl (C=O) groups excluding carboxylic acids is 1. The predicted molar refractivity (Wildman–Crippen MR) is 146 cm³/mol. The van der Waals surface area contributed by atoms with E-state index in [0.717, 1.165) is 43.4 Å². The topological polar surface area (TPSA) is 56.5 Å². The summed E-state index contributed by atoms with van der Waals surface area (Å²) < 4.78 is 8.05. The van der Waals surface area contributed by atoms with Crippen LogP contribution >= 0.6 is 0 Å². The Morgan fingerprint density at radius 3 is 2.54 bits per heavy atom. The van der Waals surface area contributed by atoms with E-state index in [-0.39, 0.29) is 22.9 Å². The molecule has 0 saturated heterocycles. The maximum Gasteiger partial charge on any atom is 0.302 e. The van der Waals surface area contributed by atoms with Crippen molar-refractivity contribution in [2.75, 3.05) is 0 Å². The summed E-state index contributed by atoms with van der Waals surface area (Å²) in [7, 11) is 0. The maximum absolute atomic E-state index is 11.6. The molecule has 0 radical (unpaired) electrons. The minimum absolute atomic E-state index is 0.0570. The van der Waals surface area contributed by atoms with E-state index in [4.69, 9.17) is 14.7 Å². The number of imidazole rings is 1. The van der Waals surface area contributed by atoms with E-state index in [1.807, 2.05) is 0 Å². The largest absolute Gasteiger partial charge is 0.462 e. The van der Waals surface area contributed by atoms with E-state index >= 15 is 0 Å². The first-order valence-electron chi connectivity index (χ1n) is 14.3. The molecule has 194 valence electrons. The molecule has 0 amide bonds. The fraction of sp³-hybridized carbons (Fsp3) is 0.594. The van der Waals surface area contributed by atoms with Crippen LogP contribution < -0.4 is 0 Å². The van der Waals surface area contributed by atoms with Crippen molar-refractivity contribution in [1.82, 2.24) is 14.4 Å². The van der Waals surface area contributed by atoms with Crippen LogP contribution in [-0.2, 0) is 21.4 Å². The molecule has 5 heteroatoms. The summed E-state index contributed by atoms with van der Waals surface area (Å²) in [6, 6.07) is 4.54. The number of hydrogen-bond donors (Lipinski definition) is 0. The SMILES string of the molecule is CC(=O)O[C@H]1CC[C@@]2(C)C(=CC[C@@H]3[C@@H]2CC[C@]2(C)c4c(C)nc5nc6cc(C)c(C)cc6n5c4C[C@@H]32)C1. The number of carbonyl (C=O) groups is 1. The van der Waals surface area contributed by atoms with Crippen LogP contribution in [0.3, 0.4) is 0 Å². The molecule has 6 atom stereocenters. The molecule has 4 aliphatic rings. The Hall–Kier alpha value is -2.69. The third-order valence-electron chi connectivity index (χ3n) is 11.2. The molecular formula is C32H39N3O2. The minimum atomic E-state index is -0.146. The average Bonchev–Trinajstić information content (AvgIpc) is 3.33. The molecule has 2 heterocycles. The Bertz CT molecular complexity index is 1520. The lowest BCUT2D eigenvalue weighted by molar-refractivity contribution is -0.148. The van der Waals surface area contributed by atoms with Gasteiger partial charge in [-0.3, -0.25) is 9.20 Å². The van der Waals surface area contributed by atoms with Crippen LogP contribution in [0.4, 0.5) is 0 Å². The molecule has 1 aromatic carbocycles. The van der Waals surface area contributed by atoms with Gasteiger partial charge in [0.1, 0.15) is 6.10 Å². The lowest BCUT2D eigenvalue weighted by atomic mass is 9.47. The number of benzene rings is 1. The van der Waals surface area contributed by atoms with E-state index in [9.17, 15) is 4.79 Å². The van der Waals surface area contributed by atoms with Crippen LogP contribution in [0.2, 0.25) is 0 Å². The zero-order chi connectivity index (χ0) is 25.9. The van der Waals surface area contributed by atoms with Crippen molar-refractivity contribution in [1.29, 1.82) is 0 Å². The van der Waals surface area contributed by atoms with Gasteiger partial charge in [0.25, 0.3) is 0 Å². The summed E-state index contributed by atoms with van der Waals surface area (Å²) in [6.45, 7) is 13.2. The summed E-state index contributed by atoms with van der Waals surface area (Å²) in [4.78, 5) is 21.7. The van der Waals surface area contributed by atoms with Crippen LogP contribution in [0.5, 0.6) is 0 Å². The molecule has 0 bridgehead atoms. The van der Waals surface area contributed by atoms with E-state index in [0.29, 0.717) is 17.8 Å². The average molecular weight is 498 g/mol. The Labute approximate surface area is 219 Å². The Kier molecular flexibility index (Phi) is 4.86.